The molecule has 0 amide bonds. The van der Waals surface area contributed by atoms with Crippen LogP contribution in [0.25, 0.3) is 0 Å². The Morgan fingerprint density at radius 3 is 1.45 bits per heavy atom. The first-order chi connectivity index (χ1) is 10.4. The van der Waals surface area contributed by atoms with E-state index in [-0.39, 0.29) is 21.6 Å². The topological polar surface area (TPSA) is 88.2 Å². The molecule has 4 nitrogen and oxygen atoms in total. The van der Waals surface area contributed by atoms with E-state index >= 15 is 0 Å². The molecule has 0 heterocycles. The van der Waals surface area contributed by atoms with Crippen LogP contribution in [0.4, 0.5) is 0 Å². The van der Waals surface area contributed by atoms with Crippen LogP contribution in [-0.4, -0.2) is 20.3 Å². The number of aromatic hydroxyl groups is 2. The molecule has 0 aliphatic heterocycles. The Morgan fingerprint density at radius 2 is 1.14 bits per heavy atom. The Morgan fingerprint density at radius 1 is 0.773 bits per heavy atom. The fourth-order valence-electron chi connectivity index (χ4n) is 1.57. The van der Waals surface area contributed by atoms with Crippen molar-refractivity contribution in [3.05, 3.63) is 56.5 Å². The fourth-order valence-corrected chi connectivity index (χ4v) is 3.99. The molecule has 114 valence electrons. The molecule has 0 saturated carbocycles. The first kappa shape index (κ1) is 17.4. The molecule has 2 rings (SSSR count). The lowest BCUT2D eigenvalue weighted by molar-refractivity contribution is 0.473. The van der Waals surface area contributed by atoms with Crippen molar-refractivity contribution in [3.8, 4) is 11.5 Å². The molecule has 0 aliphatic rings. The van der Waals surface area contributed by atoms with Crippen LogP contribution in [-0.2, 0) is 0 Å². The van der Waals surface area contributed by atoms with Gasteiger partial charge in [-0.15, -0.1) is 0 Å². The van der Waals surface area contributed by atoms with Crippen LogP contribution in [0.3, 0.4) is 0 Å². The third-order valence-electron chi connectivity index (χ3n) is 2.62. The van der Waals surface area contributed by atoms with Gasteiger partial charge in [-0.3, -0.25) is 10.8 Å². The smallest absolute Gasteiger partial charge is 0.126 e. The number of phenolic OH excluding ortho intramolecular Hbond substituents is 2. The van der Waals surface area contributed by atoms with Gasteiger partial charge in [0, 0.05) is 20.1 Å². The Kier molecular flexibility index (Phi) is 5.96. The quantitative estimate of drug-likeness (QED) is 0.275. The minimum Gasteiger partial charge on any atom is -0.507 e. The predicted octanol–water partition coefficient (Wildman–Crippen LogP) is 5.36. The summed E-state index contributed by atoms with van der Waals surface area (Å²) in [6, 6.07) is 9.77. The highest BCUT2D eigenvalue weighted by molar-refractivity contribution is 9.10. The zero-order valence-electron chi connectivity index (χ0n) is 10.9. The maximum atomic E-state index is 9.83. The SMILES string of the molecule is N=C(SSC(=N)c1ccc(Br)cc1O)c1ccc(Br)cc1O. The van der Waals surface area contributed by atoms with Crippen molar-refractivity contribution >= 4 is 63.5 Å². The largest absolute Gasteiger partial charge is 0.507 e. The van der Waals surface area contributed by atoms with Gasteiger partial charge in [0.1, 0.15) is 21.6 Å². The minimum absolute atomic E-state index is 0.00509. The van der Waals surface area contributed by atoms with Crippen molar-refractivity contribution in [2.45, 2.75) is 0 Å². The zero-order chi connectivity index (χ0) is 16.3. The van der Waals surface area contributed by atoms with E-state index in [1.807, 2.05) is 0 Å². The monoisotopic (exact) mass is 460 g/mol. The lowest BCUT2D eigenvalue weighted by atomic mass is 10.2. The van der Waals surface area contributed by atoms with E-state index in [0.717, 1.165) is 30.5 Å². The van der Waals surface area contributed by atoms with Crippen LogP contribution in [0.1, 0.15) is 11.1 Å². The fraction of sp³-hybridized carbons (Fsp3) is 0. The van der Waals surface area contributed by atoms with Crippen LogP contribution >= 0.6 is 53.4 Å². The Hall–Kier alpha value is -0.960. The summed E-state index contributed by atoms with van der Waals surface area (Å²) in [7, 11) is 2.09. The number of rotatable bonds is 2. The van der Waals surface area contributed by atoms with Crippen molar-refractivity contribution in [2.24, 2.45) is 0 Å². The van der Waals surface area contributed by atoms with Gasteiger partial charge in [0.2, 0.25) is 0 Å². The van der Waals surface area contributed by atoms with E-state index in [4.69, 9.17) is 10.8 Å². The lowest BCUT2D eigenvalue weighted by Crippen LogP contribution is -1.96. The van der Waals surface area contributed by atoms with Crippen molar-refractivity contribution in [1.29, 1.82) is 10.8 Å². The van der Waals surface area contributed by atoms with Gasteiger partial charge in [-0.1, -0.05) is 31.9 Å². The van der Waals surface area contributed by atoms with Crippen LogP contribution in [0.15, 0.2) is 45.3 Å². The van der Waals surface area contributed by atoms with Crippen molar-refractivity contribution in [1.82, 2.24) is 0 Å². The lowest BCUT2D eigenvalue weighted by Gasteiger charge is -2.08. The first-order valence-corrected chi connectivity index (χ1v) is 9.61. The maximum absolute atomic E-state index is 9.83. The molecule has 0 fully saturated rings. The molecule has 8 heteroatoms. The van der Waals surface area contributed by atoms with Crippen molar-refractivity contribution in [3.63, 3.8) is 0 Å². The van der Waals surface area contributed by atoms with Crippen LogP contribution in [0.5, 0.6) is 11.5 Å². The Balaban J connectivity index is 2.06. The second-order valence-corrected chi connectivity index (χ2v) is 8.13. The molecule has 0 aromatic heterocycles. The second kappa shape index (κ2) is 7.54. The van der Waals surface area contributed by atoms with Gasteiger partial charge in [0.25, 0.3) is 0 Å². The minimum atomic E-state index is 0.00509. The average molecular weight is 462 g/mol. The van der Waals surface area contributed by atoms with E-state index in [9.17, 15) is 10.2 Å². The summed E-state index contributed by atoms with van der Waals surface area (Å²) in [5, 5.41) is 35.9. The third kappa shape index (κ3) is 4.28. The molecule has 4 N–H and O–H groups in total. The number of phenols is 2. The summed E-state index contributed by atoms with van der Waals surface area (Å²) in [6.07, 6.45) is 0. The van der Waals surface area contributed by atoms with E-state index in [2.05, 4.69) is 31.9 Å². The van der Waals surface area contributed by atoms with Crippen LogP contribution in [0.2, 0.25) is 0 Å². The molecule has 0 aliphatic carbocycles. The summed E-state index contributed by atoms with van der Waals surface area (Å²) in [5.41, 5.74) is 0.794. The second-order valence-electron chi connectivity index (χ2n) is 4.15. The standard InChI is InChI=1S/C14H10Br2N2O2S2/c15-7-1-3-9(11(19)5-7)13(17)21-22-14(18)10-4-2-8(16)6-12(10)20/h1-6,17-20H. The Bertz CT molecular complexity index is 690. The summed E-state index contributed by atoms with van der Waals surface area (Å²) in [5.74, 6) is 0.0102. The highest BCUT2D eigenvalue weighted by Crippen LogP contribution is 2.35. The zero-order valence-corrected chi connectivity index (χ0v) is 15.7. The van der Waals surface area contributed by atoms with E-state index in [1.54, 1.807) is 24.3 Å². The summed E-state index contributed by atoms with van der Waals surface area (Å²) < 4.78 is 1.46. The molecule has 0 unspecified atom stereocenters. The Labute approximate surface area is 152 Å². The molecular weight excluding hydrogens is 452 g/mol. The van der Waals surface area contributed by atoms with E-state index in [0.29, 0.717) is 11.1 Å². The average Bonchev–Trinajstić information content (AvgIpc) is 2.44. The maximum Gasteiger partial charge on any atom is 0.126 e. The molecule has 0 saturated heterocycles. The molecule has 0 atom stereocenters. The molecule has 0 bridgehead atoms. The van der Waals surface area contributed by atoms with Gasteiger partial charge >= 0.3 is 0 Å². The van der Waals surface area contributed by atoms with Crippen molar-refractivity contribution < 1.29 is 10.2 Å². The number of halogens is 2. The highest BCUT2D eigenvalue weighted by Gasteiger charge is 2.13. The van der Waals surface area contributed by atoms with Crippen molar-refractivity contribution in [2.75, 3.05) is 0 Å². The molecule has 0 radical (unpaired) electrons. The molecular formula is C14H10Br2N2O2S2. The summed E-state index contributed by atoms with van der Waals surface area (Å²) >= 11 is 6.49. The van der Waals surface area contributed by atoms with Gasteiger partial charge in [0.05, 0.1) is 0 Å². The van der Waals surface area contributed by atoms with Gasteiger partial charge in [-0.05, 0) is 58.0 Å². The van der Waals surface area contributed by atoms with Crippen LogP contribution in [0, 0.1) is 10.8 Å². The third-order valence-corrected chi connectivity index (χ3v) is 5.71. The number of hydrogen-bond acceptors (Lipinski definition) is 6. The highest BCUT2D eigenvalue weighted by atomic mass is 79.9. The number of hydrogen-bond donors (Lipinski definition) is 4. The molecule has 2 aromatic carbocycles. The van der Waals surface area contributed by atoms with E-state index < -0.39 is 0 Å². The van der Waals surface area contributed by atoms with Gasteiger partial charge < -0.3 is 10.2 Å². The van der Waals surface area contributed by atoms with Gasteiger partial charge in [-0.25, -0.2) is 0 Å². The molecule has 2 aromatic rings. The van der Waals surface area contributed by atoms with E-state index in [1.165, 1.54) is 12.1 Å². The normalized spacial score (nSPS) is 10.5. The number of benzene rings is 2. The van der Waals surface area contributed by atoms with Gasteiger partial charge in [0.15, 0.2) is 0 Å². The molecule has 0 spiro atoms. The number of nitrogens with one attached hydrogen (secondary N) is 2. The summed E-state index contributed by atoms with van der Waals surface area (Å²) in [6.45, 7) is 0. The predicted molar refractivity (Wildman–Crippen MR) is 100 cm³/mol. The first-order valence-electron chi connectivity index (χ1n) is 5.88. The molecule has 22 heavy (non-hydrogen) atoms. The van der Waals surface area contributed by atoms with Gasteiger partial charge in [-0.2, -0.15) is 0 Å². The van der Waals surface area contributed by atoms with Crippen LogP contribution < -0.4 is 0 Å². The summed E-state index contributed by atoms with van der Waals surface area (Å²) in [4.78, 5) is 0.